The van der Waals surface area contributed by atoms with Crippen LogP contribution in [-0.2, 0) is 0 Å². The van der Waals surface area contributed by atoms with E-state index in [1.165, 1.54) is 4.68 Å². The second kappa shape index (κ2) is 5.06. The molecule has 7 nitrogen and oxygen atoms in total. The molecule has 0 amide bonds. The monoisotopic (exact) mass is 305 g/mol. The minimum absolute atomic E-state index is 0.0456. The van der Waals surface area contributed by atoms with Crippen molar-refractivity contribution in [1.82, 2.24) is 24.3 Å². The van der Waals surface area contributed by atoms with Crippen molar-refractivity contribution in [2.75, 3.05) is 0 Å². The van der Waals surface area contributed by atoms with Crippen LogP contribution in [0, 0.1) is 0 Å². The van der Waals surface area contributed by atoms with Crippen molar-refractivity contribution in [3.8, 4) is 11.6 Å². The molecule has 0 aliphatic heterocycles. The van der Waals surface area contributed by atoms with Gasteiger partial charge in [-0.3, -0.25) is 4.57 Å². The number of para-hydroxylation sites is 1. The van der Waals surface area contributed by atoms with E-state index in [1.807, 2.05) is 34.9 Å². The lowest BCUT2D eigenvalue weighted by Crippen LogP contribution is -2.08. The number of pyridine rings is 1. The van der Waals surface area contributed by atoms with Gasteiger partial charge in [0.1, 0.15) is 0 Å². The molecule has 23 heavy (non-hydrogen) atoms. The lowest BCUT2D eigenvalue weighted by Gasteiger charge is -2.07. The third kappa shape index (κ3) is 2.06. The average Bonchev–Trinajstić information content (AvgIpc) is 3.20. The maximum Gasteiger partial charge on any atom is 0.357 e. The fraction of sp³-hybridized carbons (Fsp3) is 0. The third-order valence-electron chi connectivity index (χ3n) is 3.49. The summed E-state index contributed by atoms with van der Waals surface area (Å²) in [5.74, 6) is -0.619. The van der Waals surface area contributed by atoms with Gasteiger partial charge in [0.05, 0.1) is 5.39 Å². The van der Waals surface area contributed by atoms with E-state index in [4.69, 9.17) is 0 Å². The number of carboxylic acid groups (broad SMARTS) is 1. The molecule has 0 fully saturated rings. The van der Waals surface area contributed by atoms with Crippen molar-refractivity contribution >= 4 is 17.0 Å². The Balaban J connectivity index is 1.99. The third-order valence-corrected chi connectivity index (χ3v) is 3.49. The number of fused-ring (bicyclic) bond motifs is 1. The lowest BCUT2D eigenvalue weighted by atomic mass is 10.3. The van der Waals surface area contributed by atoms with E-state index in [-0.39, 0.29) is 5.69 Å². The highest BCUT2D eigenvalue weighted by atomic mass is 16.4. The van der Waals surface area contributed by atoms with Crippen molar-refractivity contribution in [3.05, 3.63) is 66.7 Å². The highest BCUT2D eigenvalue weighted by molar-refractivity contribution is 6.00. The number of hydrogen-bond acceptors (Lipinski definition) is 4. The number of aromatic nitrogens is 5. The fourth-order valence-corrected chi connectivity index (χ4v) is 2.49. The van der Waals surface area contributed by atoms with Gasteiger partial charge in [0, 0.05) is 24.3 Å². The number of carbonyl (C=O) groups is 1. The average molecular weight is 305 g/mol. The Morgan fingerprint density at radius 2 is 1.83 bits per heavy atom. The molecule has 0 aliphatic carbocycles. The van der Waals surface area contributed by atoms with E-state index in [0.717, 1.165) is 5.69 Å². The first-order chi connectivity index (χ1) is 11.3. The van der Waals surface area contributed by atoms with Crippen molar-refractivity contribution in [2.45, 2.75) is 0 Å². The summed E-state index contributed by atoms with van der Waals surface area (Å²) in [6, 6.07) is 13.0. The minimum Gasteiger partial charge on any atom is -0.476 e. The molecular formula is C16H11N5O2. The first kappa shape index (κ1) is 13.2. The molecule has 1 N–H and O–H groups in total. The summed E-state index contributed by atoms with van der Waals surface area (Å²) in [7, 11) is 0. The number of nitrogens with zero attached hydrogens (tertiary/aromatic N) is 5. The number of aromatic carboxylic acids is 1. The van der Waals surface area contributed by atoms with Crippen LogP contribution >= 0.6 is 0 Å². The second-order valence-electron chi connectivity index (χ2n) is 4.87. The molecule has 112 valence electrons. The molecule has 0 saturated heterocycles. The van der Waals surface area contributed by atoms with Gasteiger partial charge in [-0.2, -0.15) is 9.78 Å². The Bertz CT molecular complexity index is 1000. The van der Waals surface area contributed by atoms with E-state index in [9.17, 15) is 9.90 Å². The van der Waals surface area contributed by atoms with Crippen LogP contribution in [0.5, 0.6) is 0 Å². The van der Waals surface area contributed by atoms with Gasteiger partial charge in [0.25, 0.3) is 0 Å². The molecule has 3 heterocycles. The maximum atomic E-state index is 11.4. The van der Waals surface area contributed by atoms with E-state index in [1.54, 1.807) is 30.7 Å². The smallest absolute Gasteiger partial charge is 0.357 e. The highest BCUT2D eigenvalue weighted by Crippen LogP contribution is 2.21. The first-order valence-electron chi connectivity index (χ1n) is 6.92. The van der Waals surface area contributed by atoms with Gasteiger partial charge in [0.2, 0.25) is 5.95 Å². The number of hydrogen-bond donors (Lipinski definition) is 1. The molecule has 3 aromatic heterocycles. The van der Waals surface area contributed by atoms with Gasteiger partial charge < -0.3 is 5.11 Å². The summed E-state index contributed by atoms with van der Waals surface area (Å²) < 4.78 is 3.28. The topological polar surface area (TPSA) is 85.8 Å². The van der Waals surface area contributed by atoms with Gasteiger partial charge in [0.15, 0.2) is 11.3 Å². The summed E-state index contributed by atoms with van der Waals surface area (Å²) >= 11 is 0. The van der Waals surface area contributed by atoms with Crippen LogP contribution < -0.4 is 0 Å². The largest absolute Gasteiger partial charge is 0.476 e. The molecular weight excluding hydrogens is 294 g/mol. The highest BCUT2D eigenvalue weighted by Gasteiger charge is 2.20. The van der Waals surface area contributed by atoms with Gasteiger partial charge in [-0.1, -0.05) is 18.2 Å². The second-order valence-corrected chi connectivity index (χ2v) is 4.87. The van der Waals surface area contributed by atoms with Gasteiger partial charge in [-0.05, 0) is 24.3 Å². The number of rotatable bonds is 3. The quantitative estimate of drug-likeness (QED) is 0.627. The molecule has 4 aromatic rings. The van der Waals surface area contributed by atoms with Gasteiger partial charge in [-0.15, -0.1) is 0 Å². The fourth-order valence-electron chi connectivity index (χ4n) is 2.49. The number of benzene rings is 1. The molecule has 0 saturated carbocycles. The molecule has 7 heteroatoms. The minimum atomic E-state index is -1.10. The zero-order valence-electron chi connectivity index (χ0n) is 11.9. The van der Waals surface area contributed by atoms with Crippen LogP contribution in [0.1, 0.15) is 10.5 Å². The summed E-state index contributed by atoms with van der Waals surface area (Å²) in [6.07, 6.45) is 5.03. The zero-order valence-corrected chi connectivity index (χ0v) is 11.9. The van der Waals surface area contributed by atoms with Crippen LogP contribution in [0.4, 0.5) is 0 Å². The predicted octanol–water partition coefficient (Wildman–Crippen LogP) is 2.30. The first-order valence-corrected chi connectivity index (χ1v) is 6.92. The zero-order chi connectivity index (χ0) is 15.8. The molecule has 0 spiro atoms. The maximum absolute atomic E-state index is 11.4. The van der Waals surface area contributed by atoms with Crippen LogP contribution in [0.15, 0.2) is 61.1 Å². The van der Waals surface area contributed by atoms with Crippen molar-refractivity contribution in [3.63, 3.8) is 0 Å². The Morgan fingerprint density at radius 3 is 2.61 bits per heavy atom. The predicted molar refractivity (Wildman–Crippen MR) is 82.9 cm³/mol. The molecule has 0 unspecified atom stereocenters. The van der Waals surface area contributed by atoms with Gasteiger partial charge >= 0.3 is 5.97 Å². The molecule has 0 bridgehead atoms. The SMILES string of the molecule is O=C(O)c1nn(-c2nccn2-c2ccccc2)c2ncccc12. The van der Waals surface area contributed by atoms with Crippen LogP contribution in [0.3, 0.4) is 0 Å². The Kier molecular flexibility index (Phi) is 2.90. The van der Waals surface area contributed by atoms with Crippen molar-refractivity contribution in [1.29, 1.82) is 0 Å². The van der Waals surface area contributed by atoms with E-state index >= 15 is 0 Å². The molecule has 4 rings (SSSR count). The van der Waals surface area contributed by atoms with E-state index in [2.05, 4.69) is 15.1 Å². The number of imidazole rings is 1. The summed E-state index contributed by atoms with van der Waals surface area (Å²) in [5, 5.41) is 14.0. The molecule has 0 atom stereocenters. The Hall–Kier alpha value is -3.48. The van der Waals surface area contributed by atoms with E-state index < -0.39 is 5.97 Å². The molecule has 0 aliphatic rings. The van der Waals surface area contributed by atoms with Crippen molar-refractivity contribution < 1.29 is 9.90 Å². The molecule has 1 aromatic carbocycles. The van der Waals surface area contributed by atoms with Crippen LogP contribution in [0.2, 0.25) is 0 Å². The van der Waals surface area contributed by atoms with Crippen molar-refractivity contribution in [2.24, 2.45) is 0 Å². The summed E-state index contributed by atoms with van der Waals surface area (Å²) in [5.41, 5.74) is 1.31. The summed E-state index contributed by atoms with van der Waals surface area (Å²) in [4.78, 5) is 20.0. The normalized spacial score (nSPS) is 11.0. The lowest BCUT2D eigenvalue weighted by molar-refractivity contribution is 0.0692. The van der Waals surface area contributed by atoms with Gasteiger partial charge in [-0.25, -0.2) is 14.8 Å². The summed E-state index contributed by atoms with van der Waals surface area (Å²) in [6.45, 7) is 0. The standard InChI is InChI=1S/C16H11N5O2/c22-15(23)13-12-7-4-8-17-14(12)21(19-13)16-18-9-10-20(16)11-5-2-1-3-6-11/h1-10H,(H,22,23). The Labute approximate surface area is 130 Å². The Morgan fingerprint density at radius 1 is 1.00 bits per heavy atom. The molecule has 0 radical (unpaired) electrons. The van der Waals surface area contributed by atoms with Crippen LogP contribution in [-0.4, -0.2) is 35.4 Å². The van der Waals surface area contributed by atoms with Crippen LogP contribution in [0.25, 0.3) is 22.7 Å². The number of carboxylic acids is 1. The van der Waals surface area contributed by atoms with E-state index in [0.29, 0.717) is 17.0 Å².